The molecule has 2 nitrogen and oxygen atoms in total. The van der Waals surface area contributed by atoms with Gasteiger partial charge in [0.1, 0.15) is 0 Å². The maximum Gasteiger partial charge on any atom is 0.313 e. The second-order valence-electron chi connectivity index (χ2n) is 3.16. The molecule has 0 amide bonds. The normalized spacial score (nSPS) is 11.9. The number of carbonyl (C=O) groups is 1. The summed E-state index contributed by atoms with van der Waals surface area (Å²) in [5.41, 5.74) is 0.856. The summed E-state index contributed by atoms with van der Waals surface area (Å²) in [5, 5.41) is 0.616. The molecular formula is C12H13ClO2. The summed E-state index contributed by atoms with van der Waals surface area (Å²) in [6.45, 7) is 3.62. The Bertz CT molecular complexity index is 360. The van der Waals surface area contributed by atoms with Gasteiger partial charge in [-0.25, -0.2) is 0 Å². The smallest absolute Gasteiger partial charge is 0.313 e. The van der Waals surface area contributed by atoms with Crippen molar-refractivity contribution < 1.29 is 9.53 Å². The van der Waals surface area contributed by atoms with Gasteiger partial charge in [-0.15, -0.1) is 6.58 Å². The van der Waals surface area contributed by atoms with Gasteiger partial charge in [-0.2, -0.15) is 0 Å². The third kappa shape index (κ3) is 3.10. The van der Waals surface area contributed by atoms with E-state index >= 15 is 0 Å². The first kappa shape index (κ1) is 11.8. The van der Waals surface area contributed by atoms with Crippen LogP contribution in [0.15, 0.2) is 36.9 Å². The fourth-order valence-electron chi connectivity index (χ4n) is 1.40. The van der Waals surface area contributed by atoms with Gasteiger partial charge in [-0.1, -0.05) is 29.8 Å². The molecule has 0 radical (unpaired) electrons. The SMILES string of the molecule is C=CCC(C(=O)OC)c1cccc(Cl)c1. The van der Waals surface area contributed by atoms with E-state index in [1.807, 2.05) is 12.1 Å². The van der Waals surface area contributed by atoms with Crippen LogP contribution in [0.3, 0.4) is 0 Å². The Morgan fingerprint density at radius 2 is 2.40 bits per heavy atom. The molecule has 80 valence electrons. The van der Waals surface area contributed by atoms with Crippen molar-refractivity contribution in [3.63, 3.8) is 0 Å². The third-order valence-corrected chi connectivity index (χ3v) is 2.37. The lowest BCUT2D eigenvalue weighted by Gasteiger charge is -2.12. The number of methoxy groups -OCH3 is 1. The molecule has 0 aromatic heterocycles. The van der Waals surface area contributed by atoms with Gasteiger partial charge in [-0.3, -0.25) is 4.79 Å². The predicted molar refractivity (Wildman–Crippen MR) is 61.0 cm³/mol. The van der Waals surface area contributed by atoms with Gasteiger partial charge < -0.3 is 4.74 Å². The van der Waals surface area contributed by atoms with Crippen LogP contribution >= 0.6 is 11.6 Å². The van der Waals surface area contributed by atoms with Gasteiger partial charge in [0.15, 0.2) is 0 Å². The number of halogens is 1. The summed E-state index contributed by atoms with van der Waals surface area (Å²) >= 11 is 5.86. The zero-order valence-electron chi connectivity index (χ0n) is 8.57. The van der Waals surface area contributed by atoms with Crippen molar-refractivity contribution in [2.24, 2.45) is 0 Å². The third-order valence-electron chi connectivity index (χ3n) is 2.14. The van der Waals surface area contributed by atoms with Crippen molar-refractivity contribution in [3.05, 3.63) is 47.5 Å². The van der Waals surface area contributed by atoms with Crippen molar-refractivity contribution in [2.45, 2.75) is 12.3 Å². The minimum Gasteiger partial charge on any atom is -0.469 e. The highest BCUT2D eigenvalue weighted by Gasteiger charge is 2.19. The van der Waals surface area contributed by atoms with E-state index in [1.54, 1.807) is 18.2 Å². The zero-order chi connectivity index (χ0) is 11.3. The number of benzene rings is 1. The first-order valence-electron chi connectivity index (χ1n) is 4.63. The van der Waals surface area contributed by atoms with Crippen LogP contribution in [0.5, 0.6) is 0 Å². The first-order valence-corrected chi connectivity index (χ1v) is 5.01. The highest BCUT2D eigenvalue weighted by Crippen LogP contribution is 2.24. The molecule has 0 bridgehead atoms. The van der Waals surface area contributed by atoms with Crippen LogP contribution in [0.4, 0.5) is 0 Å². The lowest BCUT2D eigenvalue weighted by molar-refractivity contribution is -0.142. The van der Waals surface area contributed by atoms with Crippen molar-refractivity contribution in [3.8, 4) is 0 Å². The van der Waals surface area contributed by atoms with Gasteiger partial charge in [0, 0.05) is 5.02 Å². The Labute approximate surface area is 94.5 Å². The van der Waals surface area contributed by atoms with E-state index in [9.17, 15) is 4.79 Å². The van der Waals surface area contributed by atoms with Crippen LogP contribution in [0, 0.1) is 0 Å². The van der Waals surface area contributed by atoms with Gasteiger partial charge in [0.05, 0.1) is 13.0 Å². The second-order valence-corrected chi connectivity index (χ2v) is 3.59. The van der Waals surface area contributed by atoms with Crippen LogP contribution in [0.1, 0.15) is 17.9 Å². The predicted octanol–water partition coefficient (Wildman–Crippen LogP) is 3.17. The molecule has 0 aliphatic heterocycles. The van der Waals surface area contributed by atoms with E-state index in [4.69, 9.17) is 16.3 Å². The number of hydrogen-bond donors (Lipinski definition) is 0. The van der Waals surface area contributed by atoms with E-state index in [0.717, 1.165) is 5.56 Å². The topological polar surface area (TPSA) is 26.3 Å². The van der Waals surface area contributed by atoms with Crippen molar-refractivity contribution in [1.82, 2.24) is 0 Å². The Hall–Kier alpha value is -1.28. The Kier molecular flexibility index (Phi) is 4.37. The molecule has 1 aromatic rings. The van der Waals surface area contributed by atoms with Gasteiger partial charge in [0.25, 0.3) is 0 Å². The monoisotopic (exact) mass is 224 g/mol. The van der Waals surface area contributed by atoms with Crippen LogP contribution in [0.2, 0.25) is 5.02 Å². The summed E-state index contributed by atoms with van der Waals surface area (Å²) in [6, 6.07) is 7.22. The highest BCUT2D eigenvalue weighted by molar-refractivity contribution is 6.30. The molecule has 1 aromatic carbocycles. The molecule has 1 atom stereocenters. The summed E-state index contributed by atoms with van der Waals surface area (Å²) < 4.78 is 4.73. The number of rotatable bonds is 4. The molecule has 0 aliphatic rings. The molecule has 3 heteroatoms. The van der Waals surface area contributed by atoms with Crippen LogP contribution in [-0.4, -0.2) is 13.1 Å². The minimum atomic E-state index is -0.314. The molecule has 1 unspecified atom stereocenters. The fraction of sp³-hybridized carbons (Fsp3) is 0.250. The molecule has 0 saturated carbocycles. The molecule has 1 rings (SSSR count). The zero-order valence-corrected chi connectivity index (χ0v) is 9.33. The lowest BCUT2D eigenvalue weighted by atomic mass is 9.96. The molecule has 0 fully saturated rings. The number of carbonyl (C=O) groups excluding carboxylic acids is 1. The Morgan fingerprint density at radius 1 is 1.67 bits per heavy atom. The summed E-state index contributed by atoms with van der Waals surface area (Å²) in [5.74, 6) is -0.580. The molecule has 0 spiro atoms. The summed E-state index contributed by atoms with van der Waals surface area (Å²) in [4.78, 5) is 11.5. The lowest BCUT2D eigenvalue weighted by Crippen LogP contribution is -2.13. The highest BCUT2D eigenvalue weighted by atomic mass is 35.5. The van der Waals surface area contributed by atoms with Crippen molar-refractivity contribution in [2.75, 3.05) is 7.11 Å². The molecule has 0 N–H and O–H groups in total. The average molecular weight is 225 g/mol. The molecular weight excluding hydrogens is 212 g/mol. The Balaban J connectivity index is 2.98. The van der Waals surface area contributed by atoms with E-state index < -0.39 is 0 Å². The Morgan fingerprint density at radius 3 is 2.93 bits per heavy atom. The largest absolute Gasteiger partial charge is 0.469 e. The van der Waals surface area contributed by atoms with Crippen LogP contribution in [-0.2, 0) is 9.53 Å². The van der Waals surface area contributed by atoms with Crippen LogP contribution in [0.25, 0.3) is 0 Å². The molecule has 0 aliphatic carbocycles. The van der Waals surface area contributed by atoms with E-state index in [2.05, 4.69) is 6.58 Å². The van der Waals surface area contributed by atoms with E-state index in [0.29, 0.717) is 11.4 Å². The molecule has 15 heavy (non-hydrogen) atoms. The number of allylic oxidation sites excluding steroid dienone is 1. The number of hydrogen-bond acceptors (Lipinski definition) is 2. The fourth-order valence-corrected chi connectivity index (χ4v) is 1.60. The molecule has 0 heterocycles. The molecule has 0 saturated heterocycles. The quantitative estimate of drug-likeness (QED) is 0.580. The summed E-state index contributed by atoms with van der Waals surface area (Å²) in [7, 11) is 1.38. The second kappa shape index (κ2) is 5.56. The van der Waals surface area contributed by atoms with Crippen molar-refractivity contribution in [1.29, 1.82) is 0 Å². The summed E-state index contributed by atoms with van der Waals surface area (Å²) in [6.07, 6.45) is 2.25. The van der Waals surface area contributed by atoms with Gasteiger partial charge in [0.2, 0.25) is 0 Å². The van der Waals surface area contributed by atoms with E-state index in [1.165, 1.54) is 7.11 Å². The van der Waals surface area contributed by atoms with Gasteiger partial charge in [-0.05, 0) is 24.1 Å². The van der Waals surface area contributed by atoms with Gasteiger partial charge >= 0.3 is 5.97 Å². The van der Waals surface area contributed by atoms with Crippen LogP contribution < -0.4 is 0 Å². The average Bonchev–Trinajstić information content (AvgIpc) is 2.25. The van der Waals surface area contributed by atoms with Crippen molar-refractivity contribution >= 4 is 17.6 Å². The first-order chi connectivity index (χ1) is 7.19. The van der Waals surface area contributed by atoms with E-state index in [-0.39, 0.29) is 11.9 Å². The maximum absolute atomic E-state index is 11.5. The minimum absolute atomic E-state index is 0.267. The number of ether oxygens (including phenoxy) is 1. The number of esters is 1. The standard InChI is InChI=1S/C12H13ClO2/c1-3-5-11(12(14)15-2)9-6-4-7-10(13)8-9/h3-4,6-8,11H,1,5H2,2H3. The maximum atomic E-state index is 11.5.